The Balaban J connectivity index is 0.000000211. The summed E-state index contributed by atoms with van der Waals surface area (Å²) in [5.41, 5.74) is -1.85. The molecule has 11 heteroatoms. The predicted molar refractivity (Wildman–Crippen MR) is 127 cm³/mol. The van der Waals surface area contributed by atoms with Gasteiger partial charge in [-0.2, -0.15) is 13.2 Å². The highest BCUT2D eigenvalue weighted by atomic mass is 32.2. The van der Waals surface area contributed by atoms with E-state index in [1.165, 1.54) is 17.7 Å². The predicted octanol–water partition coefficient (Wildman–Crippen LogP) is 6.57. The van der Waals surface area contributed by atoms with Gasteiger partial charge in [0.2, 0.25) is 12.2 Å². The third-order valence-electron chi connectivity index (χ3n) is 6.70. The van der Waals surface area contributed by atoms with Crippen molar-refractivity contribution in [3.8, 4) is 11.5 Å². The summed E-state index contributed by atoms with van der Waals surface area (Å²) in [4.78, 5) is 19.4. The van der Waals surface area contributed by atoms with Gasteiger partial charge < -0.3 is 19.2 Å². The van der Waals surface area contributed by atoms with Crippen molar-refractivity contribution in [2.75, 3.05) is 0 Å². The first-order chi connectivity index (χ1) is 16.6. The summed E-state index contributed by atoms with van der Waals surface area (Å²) in [7, 11) is 0. The SMILES string of the molecule is CC=C1CC2CC(O)CC(C1)N2C=O.CCC(C)c1c[nH]c2ccc(OF)c(OSC(F)(F)F)c12. The third-order valence-corrected chi connectivity index (χ3v) is 7.14. The van der Waals surface area contributed by atoms with Crippen molar-refractivity contribution < 1.29 is 36.7 Å². The Morgan fingerprint density at radius 2 is 1.94 bits per heavy atom. The number of aliphatic hydroxyl groups excluding tert-OH is 1. The molecule has 2 aromatic rings. The van der Waals surface area contributed by atoms with Crippen molar-refractivity contribution in [1.82, 2.24) is 9.88 Å². The minimum Gasteiger partial charge on any atom is -0.412 e. The lowest BCUT2D eigenvalue weighted by Crippen LogP contribution is -2.53. The Hall–Kier alpha value is -2.40. The van der Waals surface area contributed by atoms with Crippen LogP contribution in [0.3, 0.4) is 0 Å². The maximum atomic E-state index is 12.6. The van der Waals surface area contributed by atoms with Crippen molar-refractivity contribution in [2.45, 2.75) is 82.5 Å². The maximum absolute atomic E-state index is 12.6. The number of aromatic amines is 1. The van der Waals surface area contributed by atoms with Crippen LogP contribution in [0.4, 0.5) is 17.7 Å². The van der Waals surface area contributed by atoms with Gasteiger partial charge in [-0.1, -0.05) is 25.5 Å². The highest BCUT2D eigenvalue weighted by molar-refractivity contribution is 7.95. The topological polar surface area (TPSA) is 74.8 Å². The molecule has 194 valence electrons. The fraction of sp³-hybridized carbons (Fsp3) is 0.542. The van der Waals surface area contributed by atoms with E-state index in [1.807, 2.05) is 18.7 Å². The molecule has 2 aliphatic rings. The van der Waals surface area contributed by atoms with Crippen molar-refractivity contribution in [1.29, 1.82) is 0 Å². The van der Waals surface area contributed by atoms with Crippen molar-refractivity contribution >= 4 is 29.4 Å². The van der Waals surface area contributed by atoms with Crippen LogP contribution in [0.2, 0.25) is 0 Å². The minimum atomic E-state index is -4.59. The van der Waals surface area contributed by atoms with Crippen LogP contribution in [0.5, 0.6) is 11.5 Å². The van der Waals surface area contributed by atoms with Crippen LogP contribution in [0, 0.1) is 0 Å². The molecule has 2 N–H and O–H groups in total. The zero-order valence-electron chi connectivity index (χ0n) is 19.8. The molecule has 35 heavy (non-hydrogen) atoms. The Labute approximate surface area is 205 Å². The van der Waals surface area contributed by atoms with Gasteiger partial charge in [-0.3, -0.25) is 9.74 Å². The Morgan fingerprint density at radius 3 is 2.46 bits per heavy atom. The number of carbonyl (C=O) groups excluding carboxylic acids is 1. The van der Waals surface area contributed by atoms with Crippen molar-refractivity contribution in [3.63, 3.8) is 0 Å². The lowest BCUT2D eigenvalue weighted by atomic mass is 9.81. The molecule has 3 unspecified atom stereocenters. The van der Waals surface area contributed by atoms with Crippen LogP contribution in [0.25, 0.3) is 10.9 Å². The van der Waals surface area contributed by atoms with Crippen LogP contribution in [-0.4, -0.2) is 45.1 Å². The maximum Gasteiger partial charge on any atom is 0.479 e. The molecule has 3 atom stereocenters. The van der Waals surface area contributed by atoms with Gasteiger partial charge in [0.1, 0.15) is 0 Å². The zero-order valence-corrected chi connectivity index (χ0v) is 20.6. The number of piperidine rings is 2. The number of fused-ring (bicyclic) bond motifs is 3. The second kappa shape index (κ2) is 11.6. The lowest BCUT2D eigenvalue weighted by Gasteiger charge is -2.46. The Morgan fingerprint density at radius 1 is 1.29 bits per heavy atom. The summed E-state index contributed by atoms with van der Waals surface area (Å²) in [5, 5.41) is 10.0. The molecule has 1 aromatic heterocycles. The number of halogens is 4. The number of amides is 1. The summed E-state index contributed by atoms with van der Waals surface area (Å²) in [6, 6.07) is 3.22. The number of rotatable bonds is 6. The smallest absolute Gasteiger partial charge is 0.412 e. The van der Waals surface area contributed by atoms with E-state index in [-0.39, 0.29) is 35.6 Å². The van der Waals surface area contributed by atoms with E-state index in [9.17, 15) is 27.6 Å². The Kier molecular flexibility index (Phi) is 8.98. The second-order valence-corrected chi connectivity index (χ2v) is 9.70. The number of aromatic nitrogens is 1. The number of alkyl halides is 3. The van der Waals surface area contributed by atoms with E-state index in [1.54, 1.807) is 6.20 Å². The molecule has 0 radical (unpaired) electrons. The van der Waals surface area contributed by atoms with Crippen LogP contribution in [0.1, 0.15) is 64.4 Å². The third kappa shape index (κ3) is 6.43. The van der Waals surface area contributed by atoms with E-state index >= 15 is 0 Å². The highest BCUT2D eigenvalue weighted by Gasteiger charge is 2.38. The molecule has 1 aromatic carbocycles. The molecular weight excluding hydrogens is 488 g/mol. The van der Waals surface area contributed by atoms with Gasteiger partial charge in [-0.15, -0.1) is 0 Å². The van der Waals surface area contributed by atoms with Crippen LogP contribution in [0.15, 0.2) is 30.0 Å². The molecule has 2 saturated heterocycles. The molecule has 4 rings (SSSR count). The first kappa shape index (κ1) is 27.2. The molecule has 2 bridgehead atoms. The molecule has 0 aliphatic carbocycles. The molecule has 2 fully saturated rings. The molecule has 3 heterocycles. The number of hydrogen-bond donors (Lipinski definition) is 2. The summed E-state index contributed by atoms with van der Waals surface area (Å²) < 4.78 is 54.3. The number of nitrogens with zero attached hydrogens (tertiary/aromatic N) is 1. The van der Waals surface area contributed by atoms with Crippen LogP contribution < -0.4 is 9.12 Å². The van der Waals surface area contributed by atoms with E-state index in [0.717, 1.165) is 44.1 Å². The number of benzene rings is 1. The average molecular weight is 519 g/mol. The standard InChI is InChI=1S/C13H13F4NO2S.C11H17NO2/c1-3-7(2)8-6-18-9-4-5-10(19-17)12(11(8)9)20-21-13(14,15)16;1-2-8-3-9-5-11(14)6-10(4-8)12(9)7-13/h4-7,18H,3H2,1-2H3;2,7,9-11,14H,3-6H2,1H3. The highest BCUT2D eigenvalue weighted by Crippen LogP contribution is 2.44. The lowest BCUT2D eigenvalue weighted by molar-refractivity contribution is -0.128. The van der Waals surface area contributed by atoms with Gasteiger partial charge >= 0.3 is 5.51 Å². The number of aliphatic hydroxyl groups is 1. The minimum absolute atomic E-state index is 0.0758. The van der Waals surface area contributed by atoms with Gasteiger partial charge in [-0.25, -0.2) is 0 Å². The van der Waals surface area contributed by atoms with Gasteiger partial charge in [0, 0.05) is 28.3 Å². The Bertz CT molecular complexity index is 1020. The molecule has 0 spiro atoms. The van der Waals surface area contributed by atoms with Gasteiger partial charge in [-0.05, 0) is 62.6 Å². The largest absolute Gasteiger partial charge is 0.479 e. The average Bonchev–Trinajstić information content (AvgIpc) is 3.25. The number of allylic oxidation sites excluding steroid dienone is 1. The first-order valence-corrected chi connectivity index (χ1v) is 12.3. The summed E-state index contributed by atoms with van der Waals surface area (Å²) in [6.45, 7) is 5.92. The first-order valence-electron chi connectivity index (χ1n) is 11.5. The van der Waals surface area contributed by atoms with Crippen molar-refractivity contribution in [3.05, 3.63) is 35.5 Å². The number of H-pyrrole nitrogens is 1. The van der Waals surface area contributed by atoms with E-state index in [4.69, 9.17) is 4.18 Å². The molecule has 6 nitrogen and oxygen atoms in total. The van der Waals surface area contributed by atoms with E-state index in [2.05, 4.69) is 22.9 Å². The van der Waals surface area contributed by atoms with Gasteiger partial charge in [0.05, 0.1) is 11.5 Å². The monoisotopic (exact) mass is 518 g/mol. The van der Waals surface area contributed by atoms with Crippen LogP contribution in [-0.2, 0) is 4.79 Å². The van der Waals surface area contributed by atoms with Gasteiger partial charge in [0.25, 0.3) is 0 Å². The zero-order chi connectivity index (χ0) is 25.8. The van der Waals surface area contributed by atoms with E-state index < -0.39 is 17.6 Å². The summed E-state index contributed by atoms with van der Waals surface area (Å²) in [6.07, 6.45) is 8.74. The normalized spacial score (nSPS) is 22.8. The fourth-order valence-electron chi connectivity index (χ4n) is 4.78. The van der Waals surface area contributed by atoms with Crippen molar-refractivity contribution in [2.24, 2.45) is 0 Å². The molecule has 0 saturated carbocycles. The summed E-state index contributed by atoms with van der Waals surface area (Å²) >= 11 is -0.698. The molecule has 2 aliphatic heterocycles. The van der Waals surface area contributed by atoms with Gasteiger partial charge in [0.15, 0.2) is 17.8 Å². The number of nitrogens with one attached hydrogen (secondary N) is 1. The molecule has 1 amide bonds. The summed E-state index contributed by atoms with van der Waals surface area (Å²) in [5.74, 6) is -0.580. The number of carbonyl (C=O) groups is 1. The number of hydrogen-bond acceptors (Lipinski definition) is 5. The van der Waals surface area contributed by atoms with E-state index in [0.29, 0.717) is 10.9 Å². The molecular formula is C24H30F4N2O4S. The second-order valence-electron chi connectivity index (χ2n) is 8.90. The fourth-order valence-corrected chi connectivity index (χ4v) is 5.12. The van der Waals surface area contributed by atoms with Crippen LogP contribution >= 0.6 is 12.0 Å². The quantitative estimate of drug-likeness (QED) is 0.196.